The highest BCUT2D eigenvalue weighted by Crippen LogP contribution is 2.39. The number of carbonyl (C=O) groups is 1. The minimum Gasteiger partial charge on any atom is -0.336 e. The third-order valence-corrected chi connectivity index (χ3v) is 5.15. The molecule has 118 valence electrons. The van der Waals surface area contributed by atoms with Crippen LogP contribution in [-0.4, -0.2) is 20.6 Å². The van der Waals surface area contributed by atoms with Gasteiger partial charge in [-0.2, -0.15) is 0 Å². The zero-order valence-electron chi connectivity index (χ0n) is 11.7. The summed E-state index contributed by atoms with van der Waals surface area (Å²) in [7, 11) is 0. The lowest BCUT2D eigenvalue weighted by Gasteiger charge is -2.18. The Kier molecular flexibility index (Phi) is 7.11. The van der Waals surface area contributed by atoms with Gasteiger partial charge in [0.1, 0.15) is 0 Å². The van der Waals surface area contributed by atoms with Gasteiger partial charge in [0.2, 0.25) is 0 Å². The van der Waals surface area contributed by atoms with Crippen molar-refractivity contribution in [2.45, 2.75) is 18.7 Å². The predicted molar refractivity (Wildman–Crippen MR) is 93.6 cm³/mol. The lowest BCUT2D eigenvalue weighted by molar-refractivity contribution is 0.274. The van der Waals surface area contributed by atoms with E-state index >= 15 is 0 Å². The second kappa shape index (κ2) is 8.84. The van der Waals surface area contributed by atoms with Gasteiger partial charge in [0.05, 0.1) is 30.2 Å². The maximum absolute atomic E-state index is 12.0. The van der Waals surface area contributed by atoms with Gasteiger partial charge in [-0.3, -0.25) is 4.79 Å². The molecule has 0 amide bonds. The number of rotatable bonds is 6. The van der Waals surface area contributed by atoms with Gasteiger partial charge in [-0.05, 0) is 24.6 Å². The molecule has 0 radical (unpaired) electrons. The number of thioether (sulfide) groups is 1. The van der Waals surface area contributed by atoms with Crippen molar-refractivity contribution in [2.75, 3.05) is 6.61 Å². The van der Waals surface area contributed by atoms with Gasteiger partial charge in [0.15, 0.2) is 0 Å². The van der Waals surface area contributed by atoms with Crippen LogP contribution in [0.5, 0.6) is 0 Å². The molecule has 1 aromatic carbocycles. The Labute approximate surface area is 147 Å². The van der Waals surface area contributed by atoms with Crippen molar-refractivity contribution >= 4 is 51.5 Å². The van der Waals surface area contributed by atoms with Crippen LogP contribution in [0.4, 0.5) is 4.79 Å². The Morgan fingerprint density at radius 3 is 2.91 bits per heavy atom. The first-order valence-electron chi connectivity index (χ1n) is 6.51. The van der Waals surface area contributed by atoms with Crippen LogP contribution in [0.2, 0.25) is 10.0 Å². The zero-order valence-corrected chi connectivity index (χ0v) is 14.9. The Bertz CT molecular complexity index is 623. The van der Waals surface area contributed by atoms with Gasteiger partial charge in [-0.25, -0.2) is 4.98 Å². The first-order chi connectivity index (χ1) is 10.6. The normalized spacial score (nSPS) is 12.3. The molecule has 4 nitrogen and oxygen atoms in total. The van der Waals surface area contributed by atoms with Crippen molar-refractivity contribution in [1.29, 1.82) is 0 Å². The van der Waals surface area contributed by atoms with E-state index in [4.69, 9.17) is 27.4 Å². The van der Waals surface area contributed by atoms with Crippen LogP contribution in [-0.2, 0) is 10.7 Å². The van der Waals surface area contributed by atoms with Gasteiger partial charge in [0, 0.05) is 29.0 Å². The van der Waals surface area contributed by atoms with Crippen LogP contribution in [0, 0.1) is 0 Å². The van der Waals surface area contributed by atoms with Crippen LogP contribution in [0.3, 0.4) is 0 Å². The van der Waals surface area contributed by atoms with Crippen molar-refractivity contribution in [2.24, 2.45) is 0 Å². The lowest BCUT2D eigenvalue weighted by Crippen LogP contribution is -2.07. The summed E-state index contributed by atoms with van der Waals surface area (Å²) < 4.78 is 6.88. The summed E-state index contributed by atoms with van der Waals surface area (Å²) in [4.78, 5) is 16.0. The SMILES string of the molecule is CCOSC(=O)SC(Cn1ccnc1)c1ccc(Cl)cc1Cl. The number of benzene rings is 1. The molecule has 2 rings (SSSR count). The second-order valence-corrected chi connectivity index (χ2v) is 7.32. The van der Waals surface area contributed by atoms with E-state index in [1.54, 1.807) is 24.7 Å². The lowest BCUT2D eigenvalue weighted by atomic mass is 10.1. The fraction of sp³-hybridized carbons (Fsp3) is 0.286. The van der Waals surface area contributed by atoms with Crippen LogP contribution in [0.25, 0.3) is 0 Å². The Balaban J connectivity index is 2.18. The van der Waals surface area contributed by atoms with E-state index in [1.807, 2.05) is 23.8 Å². The van der Waals surface area contributed by atoms with Gasteiger partial charge >= 0.3 is 0 Å². The second-order valence-electron chi connectivity index (χ2n) is 4.27. The fourth-order valence-electron chi connectivity index (χ4n) is 1.79. The number of carbonyl (C=O) groups excluding carboxylic acids is 1. The van der Waals surface area contributed by atoms with E-state index in [0.29, 0.717) is 23.2 Å². The molecular weight excluding hydrogens is 363 g/mol. The van der Waals surface area contributed by atoms with Crippen LogP contribution < -0.4 is 0 Å². The van der Waals surface area contributed by atoms with Gasteiger partial charge in [-0.1, -0.05) is 41.0 Å². The molecule has 0 fully saturated rings. The summed E-state index contributed by atoms with van der Waals surface area (Å²) in [6.07, 6.45) is 5.25. The Hall–Kier alpha value is -0.660. The predicted octanol–water partition coefficient (Wildman–Crippen LogP) is 5.47. The van der Waals surface area contributed by atoms with Crippen molar-refractivity contribution in [3.63, 3.8) is 0 Å². The number of hydrogen-bond donors (Lipinski definition) is 0. The molecule has 0 saturated carbocycles. The smallest absolute Gasteiger partial charge is 0.273 e. The molecule has 0 aliphatic rings. The number of nitrogens with zero attached hydrogens (tertiary/aromatic N) is 2. The maximum Gasteiger partial charge on any atom is 0.273 e. The van der Waals surface area contributed by atoms with Crippen molar-refractivity contribution < 1.29 is 8.98 Å². The summed E-state index contributed by atoms with van der Waals surface area (Å²) >= 11 is 14.3. The maximum atomic E-state index is 12.0. The quantitative estimate of drug-likeness (QED) is 0.625. The largest absolute Gasteiger partial charge is 0.336 e. The first-order valence-corrected chi connectivity index (χ1v) is 8.88. The number of aromatic nitrogens is 2. The van der Waals surface area contributed by atoms with E-state index in [0.717, 1.165) is 17.6 Å². The molecular formula is C14H14Cl2N2O2S2. The third kappa shape index (κ3) is 5.21. The van der Waals surface area contributed by atoms with Gasteiger partial charge < -0.3 is 8.75 Å². The molecule has 8 heteroatoms. The summed E-state index contributed by atoms with van der Waals surface area (Å²) in [5, 5.41) is 0.953. The summed E-state index contributed by atoms with van der Waals surface area (Å²) in [5.41, 5.74) is 0.857. The zero-order chi connectivity index (χ0) is 15.9. The molecule has 22 heavy (non-hydrogen) atoms. The van der Waals surface area contributed by atoms with Crippen LogP contribution in [0.15, 0.2) is 36.9 Å². The monoisotopic (exact) mass is 376 g/mol. The molecule has 0 aliphatic heterocycles. The molecule has 1 heterocycles. The minimum atomic E-state index is -0.153. The molecule has 1 unspecified atom stereocenters. The molecule has 0 bridgehead atoms. The van der Waals surface area contributed by atoms with Crippen molar-refractivity contribution in [3.8, 4) is 0 Å². The highest BCUT2D eigenvalue weighted by Gasteiger charge is 2.21. The minimum absolute atomic E-state index is 0.113. The molecule has 0 N–H and O–H groups in total. The standard InChI is InChI=1S/C14H14Cl2N2O2S2/c1-2-20-22-14(19)21-13(8-18-6-5-17-9-18)11-4-3-10(15)7-12(11)16/h3-7,9,13H,2,8H2,1H3. The molecule has 1 aromatic heterocycles. The average molecular weight is 377 g/mol. The highest BCUT2D eigenvalue weighted by molar-refractivity contribution is 8.36. The number of imidazole rings is 1. The molecule has 2 aromatic rings. The summed E-state index contributed by atoms with van der Waals surface area (Å²) in [6, 6.07) is 5.29. The fourth-order valence-corrected chi connectivity index (χ4v) is 4.07. The van der Waals surface area contributed by atoms with E-state index in [1.165, 1.54) is 11.8 Å². The van der Waals surface area contributed by atoms with E-state index in [9.17, 15) is 4.79 Å². The molecule has 0 saturated heterocycles. The molecule has 0 spiro atoms. The Morgan fingerprint density at radius 2 is 2.27 bits per heavy atom. The van der Waals surface area contributed by atoms with Gasteiger partial charge in [0.25, 0.3) is 4.45 Å². The van der Waals surface area contributed by atoms with E-state index < -0.39 is 0 Å². The van der Waals surface area contributed by atoms with Crippen LogP contribution >= 0.6 is 47.0 Å². The molecule has 1 atom stereocenters. The average Bonchev–Trinajstić information content (AvgIpc) is 2.97. The summed E-state index contributed by atoms with van der Waals surface area (Å²) in [6.45, 7) is 2.89. The number of hydrogen-bond acceptors (Lipinski definition) is 5. The van der Waals surface area contributed by atoms with E-state index in [2.05, 4.69) is 4.98 Å². The van der Waals surface area contributed by atoms with Crippen molar-refractivity contribution in [3.05, 3.63) is 52.5 Å². The highest BCUT2D eigenvalue weighted by atomic mass is 35.5. The topological polar surface area (TPSA) is 44.1 Å². The first kappa shape index (κ1) is 17.7. The third-order valence-electron chi connectivity index (χ3n) is 2.73. The van der Waals surface area contributed by atoms with E-state index in [-0.39, 0.29) is 9.70 Å². The summed E-state index contributed by atoms with van der Waals surface area (Å²) in [5.74, 6) is 0. The van der Waals surface area contributed by atoms with Crippen molar-refractivity contribution in [1.82, 2.24) is 9.55 Å². The molecule has 0 aliphatic carbocycles. The van der Waals surface area contributed by atoms with Crippen LogP contribution in [0.1, 0.15) is 17.7 Å². The Morgan fingerprint density at radius 1 is 1.45 bits per heavy atom. The number of halogens is 2. The van der Waals surface area contributed by atoms with Gasteiger partial charge in [-0.15, -0.1) is 0 Å².